The Morgan fingerprint density at radius 2 is 1.69 bits per heavy atom. The van der Waals surface area contributed by atoms with E-state index in [0.29, 0.717) is 11.1 Å². The summed E-state index contributed by atoms with van der Waals surface area (Å²) in [6, 6.07) is 15.9. The van der Waals surface area contributed by atoms with E-state index < -0.39 is 11.8 Å². The minimum Gasteiger partial charge on any atom is -0.383 e. The van der Waals surface area contributed by atoms with Gasteiger partial charge in [-0.3, -0.25) is 14.5 Å². The SMILES string of the molecule is COCCN1C(=O)C(C#N)=C(C)/C(=C\c2cn(-c3ccccc3)nc2-c2c(C)cc(C)cc2C)C1=O. The number of carbonyl (C=O) groups is 2. The number of para-hydroxylation sites is 1. The summed E-state index contributed by atoms with van der Waals surface area (Å²) in [6.07, 6.45) is 3.61. The molecular formula is C29H28N4O3. The molecule has 7 heteroatoms. The van der Waals surface area contributed by atoms with E-state index in [1.807, 2.05) is 56.4 Å². The van der Waals surface area contributed by atoms with Crippen LogP contribution in [0.4, 0.5) is 0 Å². The second-order valence-electron chi connectivity index (χ2n) is 8.91. The monoisotopic (exact) mass is 480 g/mol. The van der Waals surface area contributed by atoms with Gasteiger partial charge in [0.1, 0.15) is 17.3 Å². The lowest BCUT2D eigenvalue weighted by Gasteiger charge is -2.27. The molecule has 0 atom stereocenters. The number of rotatable bonds is 6. The van der Waals surface area contributed by atoms with Crippen LogP contribution in [0.5, 0.6) is 0 Å². The van der Waals surface area contributed by atoms with Crippen molar-refractivity contribution in [3.8, 4) is 23.0 Å². The van der Waals surface area contributed by atoms with Crippen molar-refractivity contribution in [2.24, 2.45) is 0 Å². The number of aromatic nitrogens is 2. The van der Waals surface area contributed by atoms with Crippen LogP contribution in [-0.4, -0.2) is 46.8 Å². The zero-order chi connectivity index (χ0) is 26.0. The Bertz CT molecular complexity index is 1430. The smallest absolute Gasteiger partial charge is 0.271 e. The number of amides is 2. The van der Waals surface area contributed by atoms with Crippen LogP contribution in [0, 0.1) is 32.1 Å². The van der Waals surface area contributed by atoms with Crippen molar-refractivity contribution >= 4 is 17.9 Å². The maximum atomic E-state index is 13.4. The minimum atomic E-state index is -0.598. The number of carbonyl (C=O) groups excluding carboxylic acids is 2. The van der Waals surface area contributed by atoms with E-state index in [1.165, 1.54) is 7.11 Å². The molecule has 2 amide bonds. The summed E-state index contributed by atoms with van der Waals surface area (Å²) in [5.41, 5.74) is 7.21. The summed E-state index contributed by atoms with van der Waals surface area (Å²) < 4.78 is 6.86. The van der Waals surface area contributed by atoms with Gasteiger partial charge in [-0.2, -0.15) is 10.4 Å². The molecule has 3 aromatic rings. The summed E-state index contributed by atoms with van der Waals surface area (Å²) >= 11 is 0. The van der Waals surface area contributed by atoms with Gasteiger partial charge in [-0.25, -0.2) is 4.68 Å². The molecule has 36 heavy (non-hydrogen) atoms. The van der Waals surface area contributed by atoms with Crippen LogP contribution in [0.1, 0.15) is 29.2 Å². The predicted octanol–water partition coefficient (Wildman–Crippen LogP) is 4.70. The summed E-state index contributed by atoms with van der Waals surface area (Å²) in [7, 11) is 1.50. The standard InChI is InChI=1S/C29H28N4O3/c1-18-13-19(2)26(20(3)14-18)27-22(17-33(31-27)23-9-7-6-8-10-23)15-24-21(4)25(16-30)29(35)32(28(24)34)11-12-36-5/h6-10,13-15,17H,11-12H2,1-5H3/b24-15+. The third-order valence-electron chi connectivity index (χ3n) is 6.32. The molecule has 2 heterocycles. The van der Waals surface area contributed by atoms with Gasteiger partial charge in [0, 0.05) is 30.0 Å². The Labute approximate surface area is 210 Å². The lowest BCUT2D eigenvalue weighted by Crippen LogP contribution is -2.44. The average Bonchev–Trinajstić information content (AvgIpc) is 3.25. The van der Waals surface area contributed by atoms with Gasteiger partial charge in [0.25, 0.3) is 11.8 Å². The van der Waals surface area contributed by atoms with Crippen LogP contribution in [0.2, 0.25) is 0 Å². The fraction of sp³-hybridized carbons (Fsp3) is 0.241. The number of nitriles is 1. The van der Waals surface area contributed by atoms with E-state index in [4.69, 9.17) is 9.84 Å². The number of benzene rings is 2. The lowest BCUT2D eigenvalue weighted by atomic mass is 9.91. The van der Waals surface area contributed by atoms with E-state index in [-0.39, 0.29) is 18.7 Å². The van der Waals surface area contributed by atoms with Crippen LogP contribution >= 0.6 is 0 Å². The third-order valence-corrected chi connectivity index (χ3v) is 6.32. The third kappa shape index (κ3) is 4.51. The lowest BCUT2D eigenvalue weighted by molar-refractivity contribution is -0.141. The van der Waals surface area contributed by atoms with E-state index in [1.54, 1.807) is 17.7 Å². The first-order chi connectivity index (χ1) is 17.3. The van der Waals surface area contributed by atoms with Gasteiger partial charge in [0.15, 0.2) is 0 Å². The van der Waals surface area contributed by atoms with Gasteiger partial charge >= 0.3 is 0 Å². The quantitative estimate of drug-likeness (QED) is 0.377. The van der Waals surface area contributed by atoms with Crippen molar-refractivity contribution in [2.75, 3.05) is 20.3 Å². The Morgan fingerprint density at radius 3 is 2.31 bits per heavy atom. The molecule has 1 aliphatic heterocycles. The second kappa shape index (κ2) is 10.1. The number of methoxy groups -OCH3 is 1. The number of hydrogen-bond donors (Lipinski definition) is 0. The molecule has 0 spiro atoms. The highest BCUT2D eigenvalue weighted by molar-refractivity contribution is 6.19. The summed E-state index contributed by atoms with van der Waals surface area (Å²) in [5.74, 6) is -1.05. The number of imide groups is 1. The maximum Gasteiger partial charge on any atom is 0.271 e. The van der Waals surface area contributed by atoms with Crippen LogP contribution < -0.4 is 0 Å². The minimum absolute atomic E-state index is 0.0448. The molecule has 0 bridgehead atoms. The Kier molecular flexibility index (Phi) is 7.00. The molecule has 2 aromatic carbocycles. The van der Waals surface area contributed by atoms with Crippen LogP contribution in [-0.2, 0) is 14.3 Å². The zero-order valence-corrected chi connectivity index (χ0v) is 21.1. The number of aryl methyl sites for hydroxylation is 3. The van der Waals surface area contributed by atoms with Gasteiger partial charge < -0.3 is 4.74 Å². The predicted molar refractivity (Wildman–Crippen MR) is 138 cm³/mol. The molecule has 0 unspecified atom stereocenters. The molecule has 0 N–H and O–H groups in total. The van der Waals surface area contributed by atoms with Gasteiger partial charge in [0.05, 0.1) is 18.8 Å². The van der Waals surface area contributed by atoms with Crippen molar-refractivity contribution in [3.63, 3.8) is 0 Å². The molecule has 0 fully saturated rings. The van der Waals surface area contributed by atoms with E-state index in [0.717, 1.165) is 44.1 Å². The van der Waals surface area contributed by atoms with Crippen LogP contribution in [0.15, 0.2) is 65.4 Å². The topological polar surface area (TPSA) is 88.2 Å². The molecule has 0 radical (unpaired) electrons. The van der Waals surface area contributed by atoms with E-state index in [2.05, 4.69) is 19.1 Å². The van der Waals surface area contributed by atoms with Crippen molar-refractivity contribution in [1.29, 1.82) is 5.26 Å². The van der Waals surface area contributed by atoms with Gasteiger partial charge in [0.2, 0.25) is 0 Å². The van der Waals surface area contributed by atoms with E-state index >= 15 is 0 Å². The average molecular weight is 481 g/mol. The Morgan fingerprint density at radius 1 is 1.03 bits per heavy atom. The number of hydrogen-bond acceptors (Lipinski definition) is 5. The van der Waals surface area contributed by atoms with Gasteiger partial charge in [-0.15, -0.1) is 0 Å². The van der Waals surface area contributed by atoms with Crippen molar-refractivity contribution in [1.82, 2.24) is 14.7 Å². The molecule has 0 aliphatic carbocycles. The molecule has 0 saturated heterocycles. The molecule has 4 rings (SSSR count). The number of nitrogens with zero attached hydrogens (tertiary/aromatic N) is 4. The normalized spacial score (nSPS) is 15.1. The molecule has 1 aromatic heterocycles. The first-order valence-electron chi connectivity index (χ1n) is 11.7. The fourth-order valence-electron chi connectivity index (χ4n) is 4.62. The van der Waals surface area contributed by atoms with Crippen LogP contribution in [0.3, 0.4) is 0 Å². The van der Waals surface area contributed by atoms with Gasteiger partial charge in [-0.05, 0) is 62.6 Å². The first kappa shape index (κ1) is 24.8. The van der Waals surface area contributed by atoms with Crippen molar-refractivity contribution in [3.05, 3.63) is 87.6 Å². The van der Waals surface area contributed by atoms with E-state index in [9.17, 15) is 14.9 Å². The van der Waals surface area contributed by atoms with Gasteiger partial charge in [-0.1, -0.05) is 35.9 Å². The highest BCUT2D eigenvalue weighted by atomic mass is 16.5. The molecule has 1 aliphatic rings. The van der Waals surface area contributed by atoms with Crippen molar-refractivity contribution in [2.45, 2.75) is 27.7 Å². The summed E-state index contributed by atoms with van der Waals surface area (Å²) in [4.78, 5) is 27.3. The van der Waals surface area contributed by atoms with Crippen molar-refractivity contribution < 1.29 is 14.3 Å². The first-order valence-corrected chi connectivity index (χ1v) is 11.7. The summed E-state index contributed by atoms with van der Waals surface area (Å²) in [6.45, 7) is 8.03. The van der Waals surface area contributed by atoms with Crippen LogP contribution in [0.25, 0.3) is 23.0 Å². The summed E-state index contributed by atoms with van der Waals surface area (Å²) in [5, 5.41) is 14.6. The second-order valence-corrected chi connectivity index (χ2v) is 8.91. The zero-order valence-electron chi connectivity index (χ0n) is 21.1. The molecule has 7 nitrogen and oxygen atoms in total. The number of ether oxygens (including phenoxy) is 1. The highest BCUT2D eigenvalue weighted by Gasteiger charge is 2.35. The Hall–Kier alpha value is -4.28. The molecule has 182 valence electrons. The highest BCUT2D eigenvalue weighted by Crippen LogP contribution is 2.34. The largest absolute Gasteiger partial charge is 0.383 e. The fourth-order valence-corrected chi connectivity index (χ4v) is 4.62. The molecule has 0 saturated carbocycles. The molecular weight excluding hydrogens is 452 g/mol. The Balaban J connectivity index is 1.96. The maximum absolute atomic E-state index is 13.4.